The van der Waals surface area contributed by atoms with Gasteiger partial charge in [-0.25, -0.2) is 0 Å². The van der Waals surface area contributed by atoms with Crippen LogP contribution >= 0.6 is 0 Å². The van der Waals surface area contributed by atoms with Gasteiger partial charge in [0.05, 0.1) is 5.60 Å². The number of aliphatic hydroxyl groups is 1. The third-order valence-electron chi connectivity index (χ3n) is 3.79. The van der Waals surface area contributed by atoms with Crippen LogP contribution in [0.1, 0.15) is 44.6 Å². The zero-order valence-corrected chi connectivity index (χ0v) is 10.7. The maximum absolute atomic E-state index is 10.4. The summed E-state index contributed by atoms with van der Waals surface area (Å²) < 4.78 is 0. The molecule has 0 aliphatic heterocycles. The van der Waals surface area contributed by atoms with Crippen molar-refractivity contribution in [2.75, 3.05) is 11.9 Å². The van der Waals surface area contributed by atoms with Crippen molar-refractivity contribution in [2.45, 2.75) is 51.0 Å². The minimum absolute atomic E-state index is 0.487. The van der Waals surface area contributed by atoms with Crippen molar-refractivity contribution in [3.05, 3.63) is 29.8 Å². The molecule has 0 aromatic heterocycles. The van der Waals surface area contributed by atoms with Gasteiger partial charge in [0.1, 0.15) is 0 Å². The van der Waals surface area contributed by atoms with Crippen LogP contribution < -0.4 is 5.32 Å². The van der Waals surface area contributed by atoms with E-state index in [1.165, 1.54) is 17.7 Å². The highest BCUT2D eigenvalue weighted by molar-refractivity contribution is 5.51. The van der Waals surface area contributed by atoms with Crippen LogP contribution in [0.4, 0.5) is 5.69 Å². The number of nitrogens with one attached hydrogen (secondary N) is 1. The van der Waals surface area contributed by atoms with Gasteiger partial charge in [0.15, 0.2) is 0 Å². The first kappa shape index (κ1) is 12.4. The molecule has 1 fully saturated rings. The molecule has 0 radical (unpaired) electrons. The number of hydrogen-bond acceptors (Lipinski definition) is 2. The van der Waals surface area contributed by atoms with E-state index in [0.29, 0.717) is 6.54 Å². The number of para-hydroxylation sites is 1. The first-order chi connectivity index (χ1) is 8.23. The van der Waals surface area contributed by atoms with Crippen molar-refractivity contribution < 1.29 is 5.11 Å². The largest absolute Gasteiger partial charge is 0.388 e. The lowest BCUT2D eigenvalue weighted by Gasteiger charge is -2.32. The van der Waals surface area contributed by atoms with E-state index in [0.717, 1.165) is 32.1 Å². The zero-order valence-electron chi connectivity index (χ0n) is 10.7. The first-order valence-electron chi connectivity index (χ1n) is 6.78. The molecule has 2 N–H and O–H groups in total. The Labute approximate surface area is 104 Å². The SMILES string of the molecule is CCc1ccccc1NCC1(O)CCCCC1. The monoisotopic (exact) mass is 233 g/mol. The molecule has 1 aliphatic rings. The van der Waals surface area contributed by atoms with Gasteiger partial charge in [0.2, 0.25) is 0 Å². The van der Waals surface area contributed by atoms with Gasteiger partial charge in [0.25, 0.3) is 0 Å². The van der Waals surface area contributed by atoms with Gasteiger partial charge in [-0.2, -0.15) is 0 Å². The van der Waals surface area contributed by atoms with E-state index in [1.54, 1.807) is 0 Å². The van der Waals surface area contributed by atoms with Crippen LogP contribution in [-0.2, 0) is 6.42 Å². The molecule has 1 saturated carbocycles. The number of hydrogen-bond donors (Lipinski definition) is 2. The van der Waals surface area contributed by atoms with Gasteiger partial charge in [-0.05, 0) is 30.9 Å². The standard InChI is InChI=1S/C15H23NO/c1-2-13-8-4-5-9-14(13)16-12-15(17)10-6-3-7-11-15/h4-5,8-9,16-17H,2-3,6-7,10-12H2,1H3. The molecule has 1 aliphatic carbocycles. The van der Waals surface area contributed by atoms with E-state index >= 15 is 0 Å². The quantitative estimate of drug-likeness (QED) is 0.836. The molecule has 0 spiro atoms. The third-order valence-corrected chi connectivity index (χ3v) is 3.79. The average Bonchev–Trinajstić information content (AvgIpc) is 2.38. The highest BCUT2D eigenvalue weighted by Gasteiger charge is 2.28. The first-order valence-corrected chi connectivity index (χ1v) is 6.78. The van der Waals surface area contributed by atoms with Gasteiger partial charge in [-0.3, -0.25) is 0 Å². The van der Waals surface area contributed by atoms with E-state index in [-0.39, 0.29) is 0 Å². The Hall–Kier alpha value is -1.02. The normalized spacial score (nSPS) is 18.9. The van der Waals surface area contributed by atoms with Crippen molar-refractivity contribution in [1.82, 2.24) is 0 Å². The number of anilines is 1. The van der Waals surface area contributed by atoms with E-state index in [1.807, 2.05) is 6.07 Å². The molecule has 0 saturated heterocycles. The lowest BCUT2D eigenvalue weighted by molar-refractivity contribution is 0.0167. The molecule has 0 bridgehead atoms. The van der Waals surface area contributed by atoms with Crippen molar-refractivity contribution in [1.29, 1.82) is 0 Å². The number of benzene rings is 1. The van der Waals surface area contributed by atoms with Crippen LogP contribution in [0.3, 0.4) is 0 Å². The van der Waals surface area contributed by atoms with Crippen molar-refractivity contribution in [3.8, 4) is 0 Å². The second-order valence-corrected chi connectivity index (χ2v) is 5.15. The molecule has 2 nitrogen and oxygen atoms in total. The van der Waals surface area contributed by atoms with Crippen LogP contribution in [-0.4, -0.2) is 17.3 Å². The molecule has 0 amide bonds. The molecule has 17 heavy (non-hydrogen) atoms. The number of aryl methyl sites for hydroxylation is 1. The molecule has 94 valence electrons. The fourth-order valence-corrected chi connectivity index (χ4v) is 2.65. The molecular weight excluding hydrogens is 210 g/mol. The van der Waals surface area contributed by atoms with Crippen LogP contribution in [0.2, 0.25) is 0 Å². The summed E-state index contributed by atoms with van der Waals surface area (Å²) in [6.45, 7) is 2.85. The Morgan fingerprint density at radius 1 is 1.18 bits per heavy atom. The Morgan fingerprint density at radius 3 is 2.59 bits per heavy atom. The Morgan fingerprint density at radius 2 is 1.88 bits per heavy atom. The van der Waals surface area contributed by atoms with Gasteiger partial charge < -0.3 is 10.4 Å². The molecule has 2 heteroatoms. The van der Waals surface area contributed by atoms with Crippen LogP contribution in [0.5, 0.6) is 0 Å². The fraction of sp³-hybridized carbons (Fsp3) is 0.600. The van der Waals surface area contributed by atoms with E-state index in [4.69, 9.17) is 0 Å². The zero-order chi connectivity index (χ0) is 12.1. The predicted octanol–water partition coefficient (Wildman–Crippen LogP) is 3.36. The van der Waals surface area contributed by atoms with Crippen molar-refractivity contribution in [2.24, 2.45) is 0 Å². The van der Waals surface area contributed by atoms with Crippen molar-refractivity contribution >= 4 is 5.69 Å². The second-order valence-electron chi connectivity index (χ2n) is 5.15. The molecule has 0 atom stereocenters. The molecule has 2 rings (SSSR count). The highest BCUT2D eigenvalue weighted by Crippen LogP contribution is 2.28. The minimum atomic E-state index is -0.487. The predicted molar refractivity (Wildman–Crippen MR) is 72.3 cm³/mol. The summed E-state index contributed by atoms with van der Waals surface area (Å²) in [5.74, 6) is 0. The van der Waals surface area contributed by atoms with Crippen molar-refractivity contribution in [3.63, 3.8) is 0 Å². The Kier molecular flexibility index (Phi) is 4.06. The second kappa shape index (κ2) is 5.54. The summed E-state index contributed by atoms with van der Waals surface area (Å²) in [5.41, 5.74) is 2.01. The van der Waals surface area contributed by atoms with E-state index in [2.05, 4.69) is 30.4 Å². The van der Waals surface area contributed by atoms with Gasteiger partial charge in [0, 0.05) is 12.2 Å². The topological polar surface area (TPSA) is 32.3 Å². The molecular formula is C15H23NO. The van der Waals surface area contributed by atoms with E-state index < -0.39 is 5.60 Å². The molecule has 0 unspecified atom stereocenters. The summed E-state index contributed by atoms with van der Waals surface area (Å²) in [4.78, 5) is 0. The van der Waals surface area contributed by atoms with Crippen LogP contribution in [0.25, 0.3) is 0 Å². The molecule has 1 aromatic carbocycles. The van der Waals surface area contributed by atoms with E-state index in [9.17, 15) is 5.11 Å². The average molecular weight is 233 g/mol. The molecule has 1 aromatic rings. The maximum atomic E-state index is 10.4. The Balaban J connectivity index is 1.96. The number of rotatable bonds is 4. The summed E-state index contributed by atoms with van der Waals surface area (Å²) in [6.07, 6.45) is 6.50. The lowest BCUT2D eigenvalue weighted by Crippen LogP contribution is -2.38. The maximum Gasteiger partial charge on any atom is 0.0819 e. The molecule has 0 heterocycles. The summed E-state index contributed by atoms with van der Waals surface area (Å²) in [6, 6.07) is 8.37. The van der Waals surface area contributed by atoms with Crippen LogP contribution in [0, 0.1) is 0 Å². The third kappa shape index (κ3) is 3.22. The Bertz CT molecular complexity index is 356. The lowest BCUT2D eigenvalue weighted by atomic mass is 9.85. The summed E-state index contributed by atoms with van der Waals surface area (Å²) in [7, 11) is 0. The van der Waals surface area contributed by atoms with Gasteiger partial charge >= 0.3 is 0 Å². The van der Waals surface area contributed by atoms with Gasteiger partial charge in [-0.15, -0.1) is 0 Å². The minimum Gasteiger partial charge on any atom is -0.388 e. The summed E-state index contributed by atoms with van der Waals surface area (Å²) in [5, 5.41) is 13.9. The van der Waals surface area contributed by atoms with Crippen LogP contribution in [0.15, 0.2) is 24.3 Å². The smallest absolute Gasteiger partial charge is 0.0819 e. The van der Waals surface area contributed by atoms with Gasteiger partial charge in [-0.1, -0.05) is 44.4 Å². The fourth-order valence-electron chi connectivity index (χ4n) is 2.65. The summed E-state index contributed by atoms with van der Waals surface area (Å²) >= 11 is 0. The highest BCUT2D eigenvalue weighted by atomic mass is 16.3.